The van der Waals surface area contributed by atoms with Crippen molar-refractivity contribution in [3.63, 3.8) is 0 Å². The molecule has 142 valence electrons. The van der Waals surface area contributed by atoms with E-state index in [4.69, 9.17) is 9.88 Å². The van der Waals surface area contributed by atoms with Crippen molar-refractivity contribution in [3.05, 3.63) is 64.6 Å². The fraction of sp³-hybridized carbons (Fsp3) is 0.111. The van der Waals surface area contributed by atoms with Crippen LogP contribution in [0.2, 0.25) is 0 Å². The molecule has 0 heterocycles. The lowest BCUT2D eigenvalue weighted by atomic mass is 10.2. The number of esters is 1. The second-order valence-electron chi connectivity index (χ2n) is 5.53. The van der Waals surface area contributed by atoms with Crippen LogP contribution in [-0.4, -0.2) is 26.4 Å². The molecule has 3 N–H and O–H groups in total. The normalized spacial score (nSPS) is 12.6. The number of sulfonamides is 1. The SMILES string of the molecule is C[C@@H](OC(=O)/C=C\c1cccc(Br)c1)C(=O)Nc1ccc(S(N)(=O)=O)cc1. The van der Waals surface area contributed by atoms with E-state index in [2.05, 4.69) is 21.2 Å². The number of nitrogens with two attached hydrogens (primary N) is 1. The lowest BCUT2D eigenvalue weighted by Gasteiger charge is -2.12. The number of benzene rings is 2. The summed E-state index contributed by atoms with van der Waals surface area (Å²) in [7, 11) is -3.80. The smallest absolute Gasteiger partial charge is 0.331 e. The summed E-state index contributed by atoms with van der Waals surface area (Å²) in [4.78, 5) is 23.9. The summed E-state index contributed by atoms with van der Waals surface area (Å²) in [6.45, 7) is 1.43. The predicted octanol–water partition coefficient (Wildman–Crippen LogP) is 2.68. The first-order chi connectivity index (χ1) is 12.6. The molecular weight excluding hydrogens is 436 g/mol. The molecule has 0 aliphatic heterocycles. The molecule has 27 heavy (non-hydrogen) atoms. The van der Waals surface area contributed by atoms with Crippen LogP contribution in [0.15, 0.2) is 64.0 Å². The van der Waals surface area contributed by atoms with E-state index in [-0.39, 0.29) is 4.90 Å². The number of carbonyl (C=O) groups excluding carboxylic acids is 2. The number of primary sulfonamides is 1. The summed E-state index contributed by atoms with van der Waals surface area (Å²) in [5.41, 5.74) is 1.15. The number of carbonyl (C=O) groups is 2. The standard InChI is InChI=1S/C18H17BrN2O5S/c1-12(26-17(22)10-5-13-3-2-4-14(19)11-13)18(23)21-15-6-8-16(9-7-15)27(20,24)25/h2-12H,1H3,(H,21,23)(H2,20,24,25)/b10-5-/t12-/m1/s1. The molecule has 0 aliphatic carbocycles. The van der Waals surface area contributed by atoms with Crippen LogP contribution < -0.4 is 10.5 Å². The first-order valence-corrected chi connectivity index (χ1v) is 10.1. The molecule has 1 amide bonds. The highest BCUT2D eigenvalue weighted by Crippen LogP contribution is 2.14. The van der Waals surface area contributed by atoms with Crippen molar-refractivity contribution in [3.8, 4) is 0 Å². The zero-order chi connectivity index (χ0) is 20.0. The molecule has 0 bridgehead atoms. The largest absolute Gasteiger partial charge is 0.449 e. The van der Waals surface area contributed by atoms with Gasteiger partial charge in [0.1, 0.15) is 0 Å². The van der Waals surface area contributed by atoms with Crippen LogP contribution in [0.3, 0.4) is 0 Å². The first-order valence-electron chi connectivity index (χ1n) is 7.73. The van der Waals surface area contributed by atoms with Crippen molar-refractivity contribution >= 4 is 49.6 Å². The van der Waals surface area contributed by atoms with Gasteiger partial charge < -0.3 is 10.1 Å². The molecular formula is C18H17BrN2O5S. The minimum Gasteiger partial charge on any atom is -0.449 e. The summed E-state index contributed by atoms with van der Waals surface area (Å²) in [6.07, 6.45) is 1.76. The molecule has 7 nitrogen and oxygen atoms in total. The number of ether oxygens (including phenoxy) is 1. The molecule has 0 unspecified atom stereocenters. The van der Waals surface area contributed by atoms with Gasteiger partial charge in [0.25, 0.3) is 5.91 Å². The maximum Gasteiger partial charge on any atom is 0.331 e. The number of rotatable bonds is 6. The summed E-state index contributed by atoms with van der Waals surface area (Å²) >= 11 is 3.33. The Hall–Kier alpha value is -2.49. The monoisotopic (exact) mass is 452 g/mol. The second kappa shape index (κ2) is 8.94. The number of nitrogens with one attached hydrogen (secondary N) is 1. The van der Waals surface area contributed by atoms with Crippen LogP contribution in [0.25, 0.3) is 6.08 Å². The topological polar surface area (TPSA) is 116 Å². The van der Waals surface area contributed by atoms with Crippen LogP contribution in [-0.2, 0) is 24.3 Å². The van der Waals surface area contributed by atoms with E-state index in [0.29, 0.717) is 5.69 Å². The van der Waals surface area contributed by atoms with E-state index in [0.717, 1.165) is 10.0 Å². The van der Waals surface area contributed by atoms with E-state index in [9.17, 15) is 18.0 Å². The van der Waals surface area contributed by atoms with Crippen molar-refractivity contribution < 1.29 is 22.7 Å². The molecule has 0 saturated carbocycles. The average Bonchev–Trinajstić information content (AvgIpc) is 2.59. The fourth-order valence-corrected chi connectivity index (χ4v) is 2.95. The summed E-state index contributed by atoms with van der Waals surface area (Å²) in [5, 5.41) is 7.53. The molecule has 0 saturated heterocycles. The van der Waals surface area contributed by atoms with Gasteiger partial charge >= 0.3 is 5.97 Å². The second-order valence-corrected chi connectivity index (χ2v) is 8.00. The minimum absolute atomic E-state index is 0.0716. The van der Waals surface area contributed by atoms with Crippen LogP contribution in [0.5, 0.6) is 0 Å². The molecule has 2 rings (SSSR count). The average molecular weight is 453 g/mol. The zero-order valence-electron chi connectivity index (χ0n) is 14.3. The van der Waals surface area contributed by atoms with E-state index in [1.54, 1.807) is 6.08 Å². The Morgan fingerprint density at radius 3 is 2.44 bits per heavy atom. The van der Waals surface area contributed by atoms with Gasteiger partial charge in [0.2, 0.25) is 10.0 Å². The molecule has 0 radical (unpaired) electrons. The number of amides is 1. The van der Waals surface area contributed by atoms with Crippen molar-refractivity contribution in [2.24, 2.45) is 5.14 Å². The third-order valence-corrected chi connectivity index (χ3v) is 4.80. The van der Waals surface area contributed by atoms with E-state index in [1.807, 2.05) is 24.3 Å². The van der Waals surface area contributed by atoms with Crippen LogP contribution >= 0.6 is 15.9 Å². The third-order valence-electron chi connectivity index (χ3n) is 3.37. The quantitative estimate of drug-likeness (QED) is 0.516. The van der Waals surface area contributed by atoms with Gasteiger partial charge in [-0.05, 0) is 55.0 Å². The van der Waals surface area contributed by atoms with Gasteiger partial charge in [0.15, 0.2) is 6.10 Å². The highest BCUT2D eigenvalue weighted by Gasteiger charge is 2.17. The molecule has 0 fully saturated rings. The number of anilines is 1. The van der Waals surface area contributed by atoms with Gasteiger partial charge in [-0.2, -0.15) is 0 Å². The minimum atomic E-state index is -3.80. The van der Waals surface area contributed by atoms with Crippen molar-refractivity contribution in [2.45, 2.75) is 17.9 Å². The number of hydrogen-bond donors (Lipinski definition) is 2. The lowest BCUT2D eigenvalue weighted by molar-refractivity contribution is -0.148. The van der Waals surface area contributed by atoms with Crippen LogP contribution in [0, 0.1) is 0 Å². The first kappa shape index (κ1) is 20.8. The van der Waals surface area contributed by atoms with Crippen LogP contribution in [0.4, 0.5) is 5.69 Å². The Morgan fingerprint density at radius 1 is 1.19 bits per heavy atom. The van der Waals surface area contributed by atoms with E-state index >= 15 is 0 Å². The molecule has 0 aromatic heterocycles. The zero-order valence-corrected chi connectivity index (χ0v) is 16.7. The van der Waals surface area contributed by atoms with E-state index < -0.39 is 28.0 Å². The molecule has 0 aliphatic rings. The lowest BCUT2D eigenvalue weighted by Crippen LogP contribution is -2.29. The highest BCUT2D eigenvalue weighted by molar-refractivity contribution is 9.10. The molecule has 0 spiro atoms. The fourth-order valence-electron chi connectivity index (χ4n) is 2.01. The summed E-state index contributed by atoms with van der Waals surface area (Å²) in [5.74, 6) is -1.22. The number of hydrogen-bond acceptors (Lipinski definition) is 5. The Morgan fingerprint density at radius 2 is 1.85 bits per heavy atom. The van der Waals surface area contributed by atoms with E-state index in [1.165, 1.54) is 37.3 Å². The third kappa shape index (κ3) is 6.63. The molecule has 2 aromatic carbocycles. The van der Waals surface area contributed by atoms with Crippen molar-refractivity contribution in [1.82, 2.24) is 0 Å². The Balaban J connectivity index is 1.92. The molecule has 2 aromatic rings. The van der Waals surface area contributed by atoms with Crippen molar-refractivity contribution in [1.29, 1.82) is 0 Å². The summed E-state index contributed by atoms with van der Waals surface area (Å²) in [6, 6.07) is 12.6. The van der Waals surface area contributed by atoms with Gasteiger partial charge in [-0.1, -0.05) is 28.1 Å². The van der Waals surface area contributed by atoms with Gasteiger partial charge in [0, 0.05) is 16.2 Å². The van der Waals surface area contributed by atoms with Crippen molar-refractivity contribution in [2.75, 3.05) is 5.32 Å². The van der Waals surface area contributed by atoms with Gasteiger partial charge in [-0.15, -0.1) is 0 Å². The number of halogens is 1. The highest BCUT2D eigenvalue weighted by atomic mass is 79.9. The Bertz CT molecular complexity index is 972. The van der Waals surface area contributed by atoms with Gasteiger partial charge in [-0.25, -0.2) is 18.4 Å². The van der Waals surface area contributed by atoms with Gasteiger partial charge in [0.05, 0.1) is 4.90 Å². The maximum absolute atomic E-state index is 12.1. The maximum atomic E-state index is 12.1. The molecule has 9 heteroatoms. The Labute approximate surface area is 165 Å². The predicted molar refractivity (Wildman–Crippen MR) is 105 cm³/mol. The van der Waals surface area contributed by atoms with Crippen LogP contribution in [0.1, 0.15) is 12.5 Å². The Kier molecular flexibility index (Phi) is 6.89. The molecule has 1 atom stereocenters. The summed E-state index contributed by atoms with van der Waals surface area (Å²) < 4.78 is 28.3. The van der Waals surface area contributed by atoms with Gasteiger partial charge in [-0.3, -0.25) is 4.79 Å².